The van der Waals surface area contributed by atoms with E-state index in [1.165, 1.54) is 11.3 Å². The zero-order valence-corrected chi connectivity index (χ0v) is 17.7. The van der Waals surface area contributed by atoms with E-state index in [0.29, 0.717) is 0 Å². The van der Waals surface area contributed by atoms with Gasteiger partial charge in [-0.05, 0) is 58.6 Å². The van der Waals surface area contributed by atoms with Gasteiger partial charge in [0.05, 0.1) is 11.4 Å². The number of aliphatic imine (C=N–C) groups is 1. The fourth-order valence-corrected chi connectivity index (χ4v) is 3.75. The van der Waals surface area contributed by atoms with Gasteiger partial charge < -0.3 is 9.80 Å². The number of anilines is 2. The molecule has 0 amide bonds. The quantitative estimate of drug-likeness (QED) is 0.600. The van der Waals surface area contributed by atoms with Crippen molar-refractivity contribution in [2.24, 2.45) is 4.99 Å². The van der Waals surface area contributed by atoms with Gasteiger partial charge >= 0.3 is 0 Å². The van der Waals surface area contributed by atoms with Crippen molar-refractivity contribution in [3.63, 3.8) is 0 Å². The van der Waals surface area contributed by atoms with Crippen LogP contribution in [0.3, 0.4) is 0 Å². The third-order valence-electron chi connectivity index (χ3n) is 5.40. The Kier molecular flexibility index (Phi) is 5.45. The Hall–Kier alpha value is -2.98. The van der Waals surface area contributed by atoms with Gasteiger partial charge in [-0.15, -0.1) is 0 Å². The second-order valence-electron chi connectivity index (χ2n) is 7.89. The fourth-order valence-electron chi connectivity index (χ4n) is 3.75. The largest absolute Gasteiger partial charge is 0.324 e. The Morgan fingerprint density at radius 1 is 0.931 bits per heavy atom. The molecular weight excluding hydrogens is 356 g/mol. The van der Waals surface area contributed by atoms with Gasteiger partial charge in [-0.2, -0.15) is 0 Å². The van der Waals surface area contributed by atoms with Gasteiger partial charge in [0.15, 0.2) is 5.82 Å². The number of aromatic nitrogens is 1. The average Bonchev–Trinajstić information content (AvgIpc) is 2.84. The molecule has 4 rings (SSSR count). The number of benzene rings is 2. The second-order valence-corrected chi connectivity index (χ2v) is 7.89. The molecule has 148 valence electrons. The maximum atomic E-state index is 5.15. The van der Waals surface area contributed by atoms with Crippen molar-refractivity contribution in [2.45, 2.75) is 20.3 Å². The number of aryl methyl sites for hydroxylation is 2. The molecule has 4 nitrogen and oxygen atoms in total. The molecule has 0 unspecified atom stereocenters. The highest BCUT2D eigenvalue weighted by Gasteiger charge is 2.25. The van der Waals surface area contributed by atoms with E-state index >= 15 is 0 Å². The maximum absolute atomic E-state index is 5.15. The number of pyridine rings is 1. The van der Waals surface area contributed by atoms with Crippen LogP contribution in [0.25, 0.3) is 0 Å². The van der Waals surface area contributed by atoms with Crippen molar-refractivity contribution in [3.05, 3.63) is 83.0 Å². The number of rotatable bonds is 5. The Balaban J connectivity index is 1.91. The summed E-state index contributed by atoms with van der Waals surface area (Å²) < 4.78 is 0. The molecule has 29 heavy (non-hydrogen) atoms. The first-order chi connectivity index (χ1) is 14.0. The Morgan fingerprint density at radius 3 is 2.41 bits per heavy atom. The van der Waals surface area contributed by atoms with Crippen molar-refractivity contribution in [3.8, 4) is 0 Å². The lowest BCUT2D eigenvalue weighted by atomic mass is 10.00. The van der Waals surface area contributed by atoms with Crippen LogP contribution in [0, 0.1) is 13.8 Å². The minimum Gasteiger partial charge on any atom is -0.324 e. The number of fused-ring (bicyclic) bond motifs is 2. The molecule has 0 bridgehead atoms. The summed E-state index contributed by atoms with van der Waals surface area (Å²) in [5, 5.41) is 0. The molecule has 0 saturated heterocycles. The summed E-state index contributed by atoms with van der Waals surface area (Å²) in [5.41, 5.74) is 7.60. The number of hydrogen-bond acceptors (Lipinski definition) is 4. The van der Waals surface area contributed by atoms with Gasteiger partial charge in [-0.3, -0.25) is 0 Å². The topological polar surface area (TPSA) is 31.7 Å². The molecule has 0 atom stereocenters. The van der Waals surface area contributed by atoms with Gasteiger partial charge in [0.1, 0.15) is 5.69 Å². The minimum absolute atomic E-state index is 0.898. The predicted octanol–water partition coefficient (Wildman–Crippen LogP) is 5.27. The first-order valence-electron chi connectivity index (χ1n) is 10.2. The van der Waals surface area contributed by atoms with Gasteiger partial charge in [-0.1, -0.05) is 48.5 Å². The summed E-state index contributed by atoms with van der Waals surface area (Å²) in [7, 11) is 4.24. The zero-order valence-electron chi connectivity index (χ0n) is 17.7. The minimum atomic E-state index is 0.898. The first kappa shape index (κ1) is 19.3. The van der Waals surface area contributed by atoms with E-state index in [1.54, 1.807) is 0 Å². The first-order valence-corrected chi connectivity index (χ1v) is 10.2. The molecule has 0 fully saturated rings. The van der Waals surface area contributed by atoms with Gasteiger partial charge in [-0.25, -0.2) is 9.98 Å². The Morgan fingerprint density at radius 2 is 1.66 bits per heavy atom. The van der Waals surface area contributed by atoms with Gasteiger partial charge in [0, 0.05) is 23.4 Å². The van der Waals surface area contributed by atoms with Crippen LogP contribution in [0.2, 0.25) is 0 Å². The molecule has 0 aliphatic carbocycles. The molecule has 1 aromatic heterocycles. The molecule has 0 radical (unpaired) electrons. The highest BCUT2D eigenvalue weighted by molar-refractivity contribution is 6.18. The molecule has 3 aromatic rings. The molecule has 1 aliphatic rings. The number of para-hydroxylation sites is 1. The molecule has 2 heterocycles. The van der Waals surface area contributed by atoms with E-state index in [0.717, 1.165) is 53.5 Å². The second kappa shape index (κ2) is 8.18. The predicted molar refractivity (Wildman–Crippen MR) is 122 cm³/mol. The van der Waals surface area contributed by atoms with Crippen LogP contribution in [-0.4, -0.2) is 42.8 Å². The fraction of sp³-hybridized carbons (Fsp3) is 0.280. The van der Waals surface area contributed by atoms with Crippen molar-refractivity contribution in [1.29, 1.82) is 0 Å². The summed E-state index contributed by atoms with van der Waals surface area (Å²) in [6, 6.07) is 21.2. The summed E-state index contributed by atoms with van der Waals surface area (Å²) in [6.07, 6.45) is 1.05. The smallest absolute Gasteiger partial charge is 0.159 e. The van der Waals surface area contributed by atoms with E-state index in [9.17, 15) is 0 Å². The maximum Gasteiger partial charge on any atom is 0.159 e. The van der Waals surface area contributed by atoms with E-state index in [4.69, 9.17) is 9.98 Å². The Labute approximate surface area is 173 Å². The van der Waals surface area contributed by atoms with Crippen LogP contribution in [0.5, 0.6) is 0 Å². The molecule has 4 heteroatoms. The molecule has 0 saturated carbocycles. The van der Waals surface area contributed by atoms with E-state index < -0.39 is 0 Å². The van der Waals surface area contributed by atoms with Crippen molar-refractivity contribution < 1.29 is 0 Å². The van der Waals surface area contributed by atoms with E-state index in [-0.39, 0.29) is 0 Å². The lowest BCUT2D eigenvalue weighted by Gasteiger charge is -2.26. The van der Waals surface area contributed by atoms with Crippen LogP contribution in [0.4, 0.5) is 17.2 Å². The van der Waals surface area contributed by atoms with E-state index in [2.05, 4.69) is 92.3 Å². The zero-order chi connectivity index (χ0) is 20.4. The van der Waals surface area contributed by atoms with Gasteiger partial charge in [0.2, 0.25) is 0 Å². The van der Waals surface area contributed by atoms with Crippen LogP contribution >= 0.6 is 0 Å². The molecule has 1 aliphatic heterocycles. The van der Waals surface area contributed by atoms with Crippen LogP contribution in [0.15, 0.2) is 65.7 Å². The Bertz CT molecular complexity index is 1040. The van der Waals surface area contributed by atoms with Crippen molar-refractivity contribution in [1.82, 2.24) is 9.88 Å². The molecule has 0 N–H and O–H groups in total. The van der Waals surface area contributed by atoms with Crippen molar-refractivity contribution in [2.75, 3.05) is 32.1 Å². The highest BCUT2D eigenvalue weighted by atomic mass is 15.2. The highest BCUT2D eigenvalue weighted by Crippen LogP contribution is 2.40. The van der Waals surface area contributed by atoms with Crippen LogP contribution in [0.1, 0.15) is 28.8 Å². The van der Waals surface area contributed by atoms with E-state index in [1.807, 2.05) is 6.07 Å². The lowest BCUT2D eigenvalue weighted by molar-refractivity contribution is 0.402. The SMILES string of the molecule is Cc1cc2c(nc1C)N(CCCN(C)C)c1ccccc1C(c1ccccc1)=N2. The molecular formula is C25H28N4. The van der Waals surface area contributed by atoms with Crippen LogP contribution < -0.4 is 4.90 Å². The number of nitrogens with zero attached hydrogens (tertiary/aromatic N) is 4. The summed E-state index contributed by atoms with van der Waals surface area (Å²) >= 11 is 0. The molecule has 0 spiro atoms. The lowest BCUT2D eigenvalue weighted by Crippen LogP contribution is -2.25. The van der Waals surface area contributed by atoms with Crippen molar-refractivity contribution >= 4 is 22.9 Å². The average molecular weight is 385 g/mol. The normalized spacial score (nSPS) is 13.0. The summed E-state index contributed by atoms with van der Waals surface area (Å²) in [5.74, 6) is 0.949. The van der Waals surface area contributed by atoms with Crippen LogP contribution in [-0.2, 0) is 0 Å². The third-order valence-corrected chi connectivity index (χ3v) is 5.40. The van der Waals surface area contributed by atoms with Gasteiger partial charge in [0.25, 0.3) is 0 Å². The monoisotopic (exact) mass is 384 g/mol. The standard InChI is InChI=1S/C25H28N4/c1-18-17-22-25(26-19(18)2)29(16-10-15-28(3)4)23-14-9-8-13-21(23)24(27-22)20-11-6-5-7-12-20/h5-9,11-14,17H,10,15-16H2,1-4H3. The summed E-state index contributed by atoms with van der Waals surface area (Å²) in [4.78, 5) is 14.7. The molecule has 2 aromatic carbocycles. The summed E-state index contributed by atoms with van der Waals surface area (Å²) in [6.45, 7) is 6.11. The number of hydrogen-bond donors (Lipinski definition) is 0. The third kappa shape index (κ3) is 3.94.